The van der Waals surface area contributed by atoms with Gasteiger partial charge < -0.3 is 4.90 Å². The number of nitrogens with zero attached hydrogens (tertiary/aromatic N) is 3. The van der Waals surface area contributed by atoms with Crippen LogP contribution in [0.2, 0.25) is 0 Å². The summed E-state index contributed by atoms with van der Waals surface area (Å²) < 4.78 is 23.6. The SMILES string of the molecule is CN(C)c1nccc2c1CN(CC1CCCS(=O)(=O)C1)CC2. The zero-order valence-corrected chi connectivity index (χ0v) is 14.3. The van der Waals surface area contributed by atoms with Gasteiger partial charge in [-0.15, -0.1) is 0 Å². The quantitative estimate of drug-likeness (QED) is 0.840. The first kappa shape index (κ1) is 15.7. The Labute approximate surface area is 133 Å². The Balaban J connectivity index is 1.71. The Kier molecular flexibility index (Phi) is 4.41. The lowest BCUT2D eigenvalue weighted by Crippen LogP contribution is -2.39. The molecule has 2 aliphatic heterocycles. The molecule has 1 saturated heterocycles. The number of rotatable bonds is 3. The Morgan fingerprint density at radius 1 is 1.41 bits per heavy atom. The van der Waals surface area contributed by atoms with Gasteiger partial charge in [-0.1, -0.05) is 0 Å². The van der Waals surface area contributed by atoms with Crippen LogP contribution in [0.5, 0.6) is 0 Å². The standard InChI is InChI=1S/C16H25N3O2S/c1-18(2)16-15-11-19(8-6-14(15)5-7-17-16)10-13-4-3-9-22(20,21)12-13/h5,7,13H,3-4,6,8-12H2,1-2H3. The van der Waals surface area contributed by atoms with E-state index in [2.05, 4.69) is 20.9 Å². The maximum absolute atomic E-state index is 11.8. The normalized spacial score (nSPS) is 24.7. The average molecular weight is 323 g/mol. The van der Waals surface area contributed by atoms with Crippen LogP contribution in [0.1, 0.15) is 24.0 Å². The second-order valence-electron chi connectivity index (χ2n) is 6.77. The molecule has 122 valence electrons. The molecule has 1 atom stereocenters. The number of fused-ring (bicyclic) bond motifs is 1. The summed E-state index contributed by atoms with van der Waals surface area (Å²) >= 11 is 0. The maximum atomic E-state index is 11.8. The zero-order valence-electron chi connectivity index (χ0n) is 13.5. The minimum atomic E-state index is -2.81. The predicted molar refractivity (Wildman–Crippen MR) is 88.9 cm³/mol. The van der Waals surface area contributed by atoms with Gasteiger partial charge in [0.05, 0.1) is 11.5 Å². The third kappa shape index (κ3) is 3.43. The summed E-state index contributed by atoms with van der Waals surface area (Å²) in [5.41, 5.74) is 2.68. The molecule has 0 bridgehead atoms. The molecule has 0 radical (unpaired) electrons. The van der Waals surface area contributed by atoms with E-state index >= 15 is 0 Å². The lowest BCUT2D eigenvalue weighted by Gasteiger charge is -2.34. The third-order valence-electron chi connectivity index (χ3n) is 4.71. The van der Waals surface area contributed by atoms with Gasteiger partial charge in [0, 0.05) is 45.5 Å². The first-order valence-electron chi connectivity index (χ1n) is 8.01. The molecule has 0 aromatic carbocycles. The molecule has 6 heteroatoms. The van der Waals surface area contributed by atoms with Crippen LogP contribution in [0.25, 0.3) is 0 Å². The number of sulfone groups is 1. The predicted octanol–water partition coefficient (Wildman–Crippen LogP) is 1.33. The highest BCUT2D eigenvalue weighted by Gasteiger charge is 2.28. The van der Waals surface area contributed by atoms with Crippen molar-refractivity contribution < 1.29 is 8.42 Å². The first-order valence-corrected chi connectivity index (χ1v) is 9.83. The second-order valence-corrected chi connectivity index (χ2v) is 9.00. The van der Waals surface area contributed by atoms with Crippen molar-refractivity contribution in [1.29, 1.82) is 0 Å². The van der Waals surface area contributed by atoms with E-state index in [1.807, 2.05) is 20.3 Å². The summed E-state index contributed by atoms with van der Waals surface area (Å²) in [5, 5.41) is 0. The van der Waals surface area contributed by atoms with Crippen molar-refractivity contribution >= 4 is 15.7 Å². The fourth-order valence-corrected chi connectivity index (χ4v) is 5.44. The van der Waals surface area contributed by atoms with Crippen LogP contribution in [0.3, 0.4) is 0 Å². The van der Waals surface area contributed by atoms with Crippen LogP contribution >= 0.6 is 0 Å². The zero-order chi connectivity index (χ0) is 15.7. The van der Waals surface area contributed by atoms with Gasteiger partial charge in [-0.2, -0.15) is 0 Å². The van der Waals surface area contributed by atoms with Crippen molar-refractivity contribution in [3.63, 3.8) is 0 Å². The van der Waals surface area contributed by atoms with Crippen LogP contribution < -0.4 is 4.90 Å². The van der Waals surface area contributed by atoms with Gasteiger partial charge in [-0.05, 0) is 36.8 Å². The summed E-state index contributed by atoms with van der Waals surface area (Å²) in [5.74, 6) is 2.07. The third-order valence-corrected chi connectivity index (χ3v) is 6.60. The van der Waals surface area contributed by atoms with Crippen molar-refractivity contribution in [2.24, 2.45) is 5.92 Å². The fraction of sp³-hybridized carbons (Fsp3) is 0.688. The Morgan fingerprint density at radius 2 is 2.23 bits per heavy atom. The molecular weight excluding hydrogens is 298 g/mol. The van der Waals surface area contributed by atoms with Crippen molar-refractivity contribution in [1.82, 2.24) is 9.88 Å². The molecule has 0 aliphatic carbocycles. The van der Waals surface area contributed by atoms with E-state index in [-0.39, 0.29) is 0 Å². The summed E-state index contributed by atoms with van der Waals surface area (Å²) in [6.45, 7) is 2.79. The summed E-state index contributed by atoms with van der Waals surface area (Å²) in [4.78, 5) is 8.97. The first-order chi connectivity index (χ1) is 10.4. The Bertz CT molecular complexity index is 643. The molecule has 1 aromatic heterocycles. The molecule has 0 N–H and O–H groups in total. The van der Waals surface area contributed by atoms with Gasteiger partial charge in [0.2, 0.25) is 0 Å². The van der Waals surface area contributed by atoms with Crippen molar-refractivity contribution in [3.05, 3.63) is 23.4 Å². The van der Waals surface area contributed by atoms with Gasteiger partial charge >= 0.3 is 0 Å². The van der Waals surface area contributed by atoms with Gasteiger partial charge in [0.15, 0.2) is 9.84 Å². The summed E-state index contributed by atoms with van der Waals surface area (Å²) in [7, 11) is 1.23. The fourth-order valence-electron chi connectivity index (χ4n) is 3.68. The topological polar surface area (TPSA) is 53.5 Å². The Morgan fingerprint density at radius 3 is 2.95 bits per heavy atom. The molecule has 2 aliphatic rings. The highest BCUT2D eigenvalue weighted by molar-refractivity contribution is 7.91. The van der Waals surface area contributed by atoms with Crippen LogP contribution in [0, 0.1) is 5.92 Å². The highest BCUT2D eigenvalue weighted by Crippen LogP contribution is 2.28. The van der Waals surface area contributed by atoms with Gasteiger partial charge in [0.1, 0.15) is 5.82 Å². The molecule has 1 unspecified atom stereocenters. The minimum absolute atomic E-state index is 0.291. The molecule has 3 heterocycles. The van der Waals surface area contributed by atoms with E-state index in [4.69, 9.17) is 0 Å². The molecule has 5 nitrogen and oxygen atoms in total. The van der Waals surface area contributed by atoms with E-state index < -0.39 is 9.84 Å². The van der Waals surface area contributed by atoms with Gasteiger partial charge in [-0.3, -0.25) is 4.90 Å². The van der Waals surface area contributed by atoms with Crippen LogP contribution in [0.4, 0.5) is 5.82 Å². The molecule has 0 spiro atoms. The van der Waals surface area contributed by atoms with E-state index in [9.17, 15) is 8.42 Å². The highest BCUT2D eigenvalue weighted by atomic mass is 32.2. The molecular formula is C16H25N3O2S. The van der Waals surface area contributed by atoms with Crippen molar-refractivity contribution in [3.8, 4) is 0 Å². The smallest absolute Gasteiger partial charge is 0.150 e. The minimum Gasteiger partial charge on any atom is -0.362 e. The second kappa shape index (κ2) is 6.16. The van der Waals surface area contributed by atoms with Crippen molar-refractivity contribution in [2.75, 3.05) is 43.6 Å². The van der Waals surface area contributed by atoms with E-state index in [0.717, 1.165) is 44.7 Å². The molecule has 22 heavy (non-hydrogen) atoms. The molecule has 1 aromatic rings. The van der Waals surface area contributed by atoms with Gasteiger partial charge in [0.25, 0.3) is 0 Å². The number of aromatic nitrogens is 1. The average Bonchev–Trinajstić information content (AvgIpc) is 2.45. The molecule has 0 saturated carbocycles. The van der Waals surface area contributed by atoms with Crippen LogP contribution in [0.15, 0.2) is 12.3 Å². The molecule has 3 rings (SSSR count). The van der Waals surface area contributed by atoms with E-state index in [1.165, 1.54) is 11.1 Å². The number of pyridine rings is 1. The molecule has 1 fully saturated rings. The van der Waals surface area contributed by atoms with Crippen LogP contribution in [-0.4, -0.2) is 57.0 Å². The number of hydrogen-bond donors (Lipinski definition) is 0. The summed E-state index contributed by atoms with van der Waals surface area (Å²) in [6, 6.07) is 2.12. The summed E-state index contributed by atoms with van der Waals surface area (Å²) in [6.07, 6.45) is 4.77. The number of anilines is 1. The molecule has 0 amide bonds. The Hall–Kier alpha value is -1.14. The van der Waals surface area contributed by atoms with Gasteiger partial charge in [-0.25, -0.2) is 13.4 Å². The number of hydrogen-bond acceptors (Lipinski definition) is 5. The van der Waals surface area contributed by atoms with Crippen LogP contribution in [-0.2, 0) is 22.8 Å². The largest absolute Gasteiger partial charge is 0.362 e. The monoisotopic (exact) mass is 323 g/mol. The lowest BCUT2D eigenvalue weighted by atomic mass is 9.98. The van der Waals surface area contributed by atoms with Crippen molar-refractivity contribution in [2.45, 2.75) is 25.8 Å². The maximum Gasteiger partial charge on any atom is 0.150 e. The van der Waals surface area contributed by atoms with E-state index in [1.54, 1.807) is 0 Å². The lowest BCUT2D eigenvalue weighted by molar-refractivity contribution is 0.213. The van der Waals surface area contributed by atoms with E-state index in [0.29, 0.717) is 17.4 Å².